The lowest BCUT2D eigenvalue weighted by Crippen LogP contribution is -2.08. The number of aliphatic carboxylic acids is 1. The second-order valence-electron chi connectivity index (χ2n) is 2.22. The van der Waals surface area contributed by atoms with Gasteiger partial charge in [0.2, 0.25) is 0 Å². The predicted molar refractivity (Wildman–Crippen MR) is 56.3 cm³/mol. The molecule has 0 aromatic carbocycles. The first-order chi connectivity index (χ1) is 6.04. The van der Waals surface area contributed by atoms with E-state index in [-0.39, 0.29) is 5.57 Å². The van der Waals surface area contributed by atoms with Gasteiger partial charge in [-0.3, -0.25) is 4.99 Å². The molecular formula is C10H17NO2. The second-order valence-corrected chi connectivity index (χ2v) is 2.22. The van der Waals surface area contributed by atoms with Gasteiger partial charge in [0.25, 0.3) is 0 Å². The Labute approximate surface area is 79.5 Å². The molecule has 0 aromatic rings. The highest BCUT2D eigenvalue weighted by atomic mass is 16.4. The van der Waals surface area contributed by atoms with Crippen LogP contribution in [0, 0.1) is 0 Å². The van der Waals surface area contributed by atoms with Crippen LogP contribution in [0.15, 0.2) is 29.3 Å². The Morgan fingerprint density at radius 3 is 1.92 bits per heavy atom. The van der Waals surface area contributed by atoms with E-state index < -0.39 is 5.97 Å². The zero-order valence-electron chi connectivity index (χ0n) is 8.66. The van der Waals surface area contributed by atoms with Crippen LogP contribution in [0.4, 0.5) is 0 Å². The summed E-state index contributed by atoms with van der Waals surface area (Å²) in [5.74, 6) is -0.925. The van der Waals surface area contributed by atoms with Crippen LogP contribution in [-0.4, -0.2) is 23.8 Å². The molecule has 0 bridgehead atoms. The SMILES string of the molecule is C/C=C(/C(=O)O)C(C)=NC.C=CC. The number of nitrogens with zero attached hydrogens (tertiary/aromatic N) is 1. The van der Waals surface area contributed by atoms with E-state index in [1.165, 1.54) is 6.08 Å². The van der Waals surface area contributed by atoms with E-state index in [9.17, 15) is 4.79 Å². The Kier molecular flexibility index (Phi) is 9.49. The van der Waals surface area contributed by atoms with Gasteiger partial charge in [-0.05, 0) is 20.8 Å². The Morgan fingerprint density at radius 1 is 1.46 bits per heavy atom. The van der Waals surface area contributed by atoms with Gasteiger partial charge in [0.1, 0.15) is 0 Å². The van der Waals surface area contributed by atoms with E-state index in [2.05, 4.69) is 11.6 Å². The molecule has 0 saturated heterocycles. The third-order valence-corrected chi connectivity index (χ3v) is 1.24. The predicted octanol–water partition coefficient (Wildman–Crippen LogP) is 2.30. The topological polar surface area (TPSA) is 49.7 Å². The van der Waals surface area contributed by atoms with Crippen LogP contribution >= 0.6 is 0 Å². The van der Waals surface area contributed by atoms with Crippen molar-refractivity contribution in [2.24, 2.45) is 4.99 Å². The van der Waals surface area contributed by atoms with E-state index in [1.54, 1.807) is 27.0 Å². The number of allylic oxidation sites excluding steroid dienone is 2. The molecule has 3 nitrogen and oxygen atoms in total. The highest BCUT2D eigenvalue weighted by molar-refractivity contribution is 6.18. The summed E-state index contributed by atoms with van der Waals surface area (Å²) in [6.07, 6.45) is 3.28. The quantitative estimate of drug-likeness (QED) is 0.405. The number of aliphatic imine (C=N–C) groups is 1. The summed E-state index contributed by atoms with van der Waals surface area (Å²) in [6.45, 7) is 8.60. The Morgan fingerprint density at radius 2 is 1.85 bits per heavy atom. The molecule has 0 fully saturated rings. The fraction of sp³-hybridized carbons (Fsp3) is 0.400. The summed E-state index contributed by atoms with van der Waals surface area (Å²) in [4.78, 5) is 14.1. The molecule has 0 aliphatic carbocycles. The maximum Gasteiger partial charge on any atom is 0.337 e. The molecule has 0 amide bonds. The molecule has 0 saturated carbocycles. The van der Waals surface area contributed by atoms with Gasteiger partial charge < -0.3 is 5.11 Å². The van der Waals surface area contributed by atoms with Crippen molar-refractivity contribution in [1.82, 2.24) is 0 Å². The number of hydrogen-bond donors (Lipinski definition) is 1. The third-order valence-electron chi connectivity index (χ3n) is 1.24. The summed E-state index contributed by atoms with van der Waals surface area (Å²) < 4.78 is 0. The molecule has 0 aromatic heterocycles. The molecule has 0 unspecified atom stereocenters. The maximum absolute atomic E-state index is 10.4. The standard InChI is InChI=1S/C7H11NO2.C3H6/c1-4-6(7(9)10)5(2)8-3;1-3-2/h4H,1-3H3,(H,9,10);3H,1H2,2H3/b6-4+,8-5?;. The second kappa shape index (κ2) is 8.71. The molecule has 74 valence electrons. The van der Waals surface area contributed by atoms with Crippen LogP contribution in [0.1, 0.15) is 20.8 Å². The summed E-state index contributed by atoms with van der Waals surface area (Å²) in [5, 5.41) is 8.53. The van der Waals surface area contributed by atoms with Gasteiger partial charge in [-0.2, -0.15) is 0 Å². The van der Waals surface area contributed by atoms with E-state index >= 15 is 0 Å². The maximum atomic E-state index is 10.4. The van der Waals surface area contributed by atoms with Crippen molar-refractivity contribution in [1.29, 1.82) is 0 Å². The Bertz CT molecular complexity index is 227. The van der Waals surface area contributed by atoms with Crippen LogP contribution in [0.2, 0.25) is 0 Å². The van der Waals surface area contributed by atoms with Crippen molar-refractivity contribution in [3.05, 3.63) is 24.3 Å². The van der Waals surface area contributed by atoms with Crippen molar-refractivity contribution in [2.75, 3.05) is 7.05 Å². The highest BCUT2D eigenvalue weighted by Gasteiger charge is 2.07. The summed E-state index contributed by atoms with van der Waals surface area (Å²) in [5.41, 5.74) is 0.817. The molecule has 0 rings (SSSR count). The van der Waals surface area contributed by atoms with E-state index in [1.807, 2.05) is 6.92 Å². The van der Waals surface area contributed by atoms with E-state index in [0.29, 0.717) is 5.71 Å². The number of rotatable bonds is 2. The molecule has 3 heteroatoms. The highest BCUT2D eigenvalue weighted by Crippen LogP contribution is 1.97. The van der Waals surface area contributed by atoms with Gasteiger partial charge in [0.15, 0.2) is 0 Å². The average molecular weight is 183 g/mol. The number of carboxylic acid groups (broad SMARTS) is 1. The first-order valence-corrected chi connectivity index (χ1v) is 3.95. The van der Waals surface area contributed by atoms with Crippen LogP contribution < -0.4 is 0 Å². The van der Waals surface area contributed by atoms with E-state index in [0.717, 1.165) is 0 Å². The minimum Gasteiger partial charge on any atom is -0.478 e. The molecule has 0 spiro atoms. The van der Waals surface area contributed by atoms with Crippen molar-refractivity contribution in [3.63, 3.8) is 0 Å². The van der Waals surface area contributed by atoms with Gasteiger partial charge in [-0.1, -0.05) is 12.2 Å². The third kappa shape index (κ3) is 7.00. The fourth-order valence-corrected chi connectivity index (χ4v) is 0.608. The molecule has 13 heavy (non-hydrogen) atoms. The first-order valence-electron chi connectivity index (χ1n) is 3.95. The molecule has 0 aliphatic rings. The van der Waals surface area contributed by atoms with Gasteiger partial charge in [0.05, 0.1) is 5.57 Å². The minimum absolute atomic E-state index is 0.266. The smallest absolute Gasteiger partial charge is 0.337 e. The molecule has 1 N–H and O–H groups in total. The first kappa shape index (κ1) is 14.2. The fourth-order valence-electron chi connectivity index (χ4n) is 0.608. The van der Waals surface area contributed by atoms with Crippen LogP contribution in [0.3, 0.4) is 0 Å². The Hall–Kier alpha value is -1.38. The molecule has 0 atom stereocenters. The molecular weight excluding hydrogens is 166 g/mol. The van der Waals surface area contributed by atoms with Crippen LogP contribution in [0.5, 0.6) is 0 Å². The van der Waals surface area contributed by atoms with Crippen LogP contribution in [0.25, 0.3) is 0 Å². The van der Waals surface area contributed by atoms with Crippen LogP contribution in [-0.2, 0) is 4.79 Å². The van der Waals surface area contributed by atoms with Gasteiger partial charge in [-0.15, -0.1) is 6.58 Å². The van der Waals surface area contributed by atoms with Crippen molar-refractivity contribution < 1.29 is 9.90 Å². The van der Waals surface area contributed by atoms with E-state index in [4.69, 9.17) is 5.11 Å². The normalized spacial score (nSPS) is 11.4. The van der Waals surface area contributed by atoms with Gasteiger partial charge >= 0.3 is 5.97 Å². The molecule has 0 heterocycles. The van der Waals surface area contributed by atoms with Gasteiger partial charge in [-0.25, -0.2) is 4.79 Å². The van der Waals surface area contributed by atoms with Crippen molar-refractivity contribution in [2.45, 2.75) is 20.8 Å². The van der Waals surface area contributed by atoms with Gasteiger partial charge in [0, 0.05) is 12.8 Å². The van der Waals surface area contributed by atoms with Crippen molar-refractivity contribution in [3.8, 4) is 0 Å². The summed E-state index contributed by atoms with van der Waals surface area (Å²) in [6, 6.07) is 0. The van der Waals surface area contributed by atoms with Crippen molar-refractivity contribution >= 4 is 11.7 Å². The number of hydrogen-bond acceptors (Lipinski definition) is 2. The largest absolute Gasteiger partial charge is 0.478 e. The Balaban J connectivity index is 0. The minimum atomic E-state index is -0.925. The molecule has 0 radical (unpaired) electrons. The lowest BCUT2D eigenvalue weighted by atomic mass is 10.2. The lowest BCUT2D eigenvalue weighted by molar-refractivity contribution is -0.132. The number of carboxylic acids is 1. The zero-order valence-corrected chi connectivity index (χ0v) is 8.66. The average Bonchev–Trinajstić information content (AvgIpc) is 2.06. The zero-order chi connectivity index (χ0) is 10.9. The number of carbonyl (C=O) groups is 1. The lowest BCUT2D eigenvalue weighted by Gasteiger charge is -1.97. The summed E-state index contributed by atoms with van der Waals surface area (Å²) in [7, 11) is 1.57. The summed E-state index contributed by atoms with van der Waals surface area (Å²) >= 11 is 0. The monoisotopic (exact) mass is 183 g/mol. The molecule has 0 aliphatic heterocycles.